The summed E-state index contributed by atoms with van der Waals surface area (Å²) < 4.78 is 9.58. The summed E-state index contributed by atoms with van der Waals surface area (Å²) in [6.07, 6.45) is -8.21. The zero-order valence-electron chi connectivity index (χ0n) is 14.0. The maximum Gasteiger partial charge on any atom is 0.217 e. The average Bonchev–Trinajstić information content (AvgIpc) is 2.53. The predicted octanol–water partition coefficient (Wildman–Crippen LogP) is -4.24. The van der Waals surface area contributed by atoms with E-state index in [1.165, 1.54) is 6.92 Å². The van der Waals surface area contributed by atoms with Gasteiger partial charge in [0.1, 0.15) is 30.5 Å². The van der Waals surface area contributed by atoms with E-state index in [4.69, 9.17) is 29.9 Å². The molecule has 0 bridgehead atoms. The third-order valence-corrected chi connectivity index (χ3v) is 3.98. The van der Waals surface area contributed by atoms with Crippen LogP contribution in [-0.4, -0.2) is 104 Å². The lowest BCUT2D eigenvalue weighted by Gasteiger charge is -2.40. The second kappa shape index (κ2) is 9.71. The zero-order valence-corrected chi connectivity index (χ0v) is 14.0. The van der Waals surface area contributed by atoms with E-state index in [0.29, 0.717) is 0 Å². The maximum absolute atomic E-state index is 10.7. The monoisotopic (exact) mass is 369 g/mol. The highest BCUT2D eigenvalue weighted by Crippen LogP contribution is 2.19. The fourth-order valence-corrected chi connectivity index (χ4v) is 2.44. The van der Waals surface area contributed by atoms with Gasteiger partial charge in [-0.1, -0.05) is 0 Å². The minimum absolute atomic E-state index is 0.183. The smallest absolute Gasteiger partial charge is 0.217 e. The largest absolute Gasteiger partial charge is 0.394 e. The van der Waals surface area contributed by atoms with E-state index in [0.717, 1.165) is 0 Å². The van der Waals surface area contributed by atoms with Crippen molar-refractivity contribution in [2.75, 3.05) is 6.61 Å². The lowest BCUT2D eigenvalue weighted by molar-refractivity contribution is -0.253. The molecule has 0 saturated carbocycles. The van der Waals surface area contributed by atoms with E-state index in [-0.39, 0.29) is 6.42 Å². The van der Waals surface area contributed by atoms with Crippen molar-refractivity contribution in [3.05, 3.63) is 0 Å². The molecule has 9 atom stereocenters. The van der Waals surface area contributed by atoms with Crippen LogP contribution in [0.15, 0.2) is 0 Å². The Morgan fingerprint density at radius 1 is 1.00 bits per heavy atom. The lowest BCUT2D eigenvalue weighted by atomic mass is 9.97. The number of carbonyl (C=O) groups excluding carboxylic acids is 1. The molecule has 1 unspecified atom stereocenters. The van der Waals surface area contributed by atoms with Crippen LogP contribution in [0.4, 0.5) is 0 Å². The first-order valence-corrected chi connectivity index (χ1v) is 7.85. The highest BCUT2D eigenvalue weighted by Gasteiger charge is 2.43. The van der Waals surface area contributed by atoms with Gasteiger partial charge in [0.25, 0.3) is 0 Å². The van der Waals surface area contributed by atoms with Crippen molar-refractivity contribution in [2.45, 2.75) is 75.5 Å². The third-order valence-electron chi connectivity index (χ3n) is 3.98. The Bertz CT molecular complexity index is 398. The molecule has 0 aromatic carbocycles. The number of rotatable bonds is 2. The van der Waals surface area contributed by atoms with Crippen LogP contribution in [0.5, 0.6) is 0 Å². The van der Waals surface area contributed by atoms with Crippen LogP contribution in [0, 0.1) is 0 Å². The molecule has 0 radical (unpaired) electrons. The Hall–Kier alpha value is -0.890. The third kappa shape index (κ3) is 6.09. The zero-order chi connectivity index (χ0) is 19.3. The summed E-state index contributed by atoms with van der Waals surface area (Å²) in [7, 11) is 0. The van der Waals surface area contributed by atoms with Crippen LogP contribution in [0.3, 0.4) is 0 Å². The van der Waals surface area contributed by atoms with Gasteiger partial charge in [-0.25, -0.2) is 0 Å². The molecule has 0 spiro atoms. The van der Waals surface area contributed by atoms with Gasteiger partial charge < -0.3 is 50.5 Å². The van der Waals surface area contributed by atoms with Crippen LogP contribution < -0.4 is 5.32 Å². The number of hydrogen-bond acceptors (Lipinski definition) is 10. The Morgan fingerprint density at radius 3 is 2.08 bits per heavy atom. The van der Waals surface area contributed by atoms with Crippen LogP contribution in [0.2, 0.25) is 0 Å². The Morgan fingerprint density at radius 2 is 1.60 bits per heavy atom. The van der Waals surface area contributed by atoms with Gasteiger partial charge in [0, 0.05) is 13.3 Å². The van der Waals surface area contributed by atoms with Gasteiger partial charge in [-0.15, -0.1) is 0 Å². The maximum atomic E-state index is 10.7. The number of nitrogens with one attached hydrogen (secondary N) is 1. The highest BCUT2D eigenvalue weighted by atomic mass is 16.6. The van der Waals surface area contributed by atoms with Gasteiger partial charge >= 0.3 is 0 Å². The summed E-state index contributed by atoms with van der Waals surface area (Å²) in [4.78, 5) is 10.7. The Kier molecular flexibility index (Phi) is 8.60. The van der Waals surface area contributed by atoms with Crippen LogP contribution in [0.1, 0.15) is 20.3 Å². The summed E-state index contributed by atoms with van der Waals surface area (Å²) in [5, 5.41) is 66.3. The Labute approximate surface area is 144 Å². The summed E-state index contributed by atoms with van der Waals surface area (Å²) >= 11 is 0. The molecular weight excluding hydrogens is 342 g/mol. The average molecular weight is 369 g/mol. The fraction of sp³-hybridized carbons (Fsp3) is 0.929. The Balaban J connectivity index is 0.000000271. The fourth-order valence-electron chi connectivity index (χ4n) is 2.44. The van der Waals surface area contributed by atoms with E-state index in [2.05, 4.69) is 5.32 Å². The molecule has 0 aromatic heterocycles. The molecule has 2 fully saturated rings. The van der Waals surface area contributed by atoms with E-state index >= 15 is 0 Å². The van der Waals surface area contributed by atoms with Crippen molar-refractivity contribution in [3.8, 4) is 0 Å². The minimum Gasteiger partial charge on any atom is -0.394 e. The first-order valence-electron chi connectivity index (χ1n) is 7.85. The summed E-state index contributed by atoms with van der Waals surface area (Å²) in [6.45, 7) is 2.34. The second-order valence-corrected chi connectivity index (χ2v) is 6.06. The number of carbonyl (C=O) groups is 1. The summed E-state index contributed by atoms with van der Waals surface area (Å²) in [5.74, 6) is -0.462. The van der Waals surface area contributed by atoms with Crippen molar-refractivity contribution in [3.63, 3.8) is 0 Å². The lowest BCUT2D eigenvalue weighted by Crippen LogP contribution is -2.63. The quantitative estimate of drug-likeness (QED) is 0.237. The molecule has 0 aromatic rings. The van der Waals surface area contributed by atoms with E-state index in [1.807, 2.05) is 0 Å². The minimum atomic E-state index is -1.45. The molecule has 1 amide bonds. The molecule has 2 heterocycles. The number of aliphatic hydroxyl groups excluding tert-OH is 7. The van der Waals surface area contributed by atoms with Gasteiger partial charge in [0.05, 0.1) is 18.8 Å². The number of aliphatic hydroxyl groups is 7. The van der Waals surface area contributed by atoms with Gasteiger partial charge in [0.2, 0.25) is 5.91 Å². The number of ether oxygens (including phenoxy) is 2. The summed E-state index contributed by atoms with van der Waals surface area (Å²) in [6, 6.07) is -1.10. The molecule has 0 aliphatic carbocycles. The van der Waals surface area contributed by atoms with E-state index in [9.17, 15) is 20.1 Å². The second-order valence-electron chi connectivity index (χ2n) is 6.06. The van der Waals surface area contributed by atoms with E-state index in [1.54, 1.807) is 6.92 Å². The molecule has 25 heavy (non-hydrogen) atoms. The molecule has 8 N–H and O–H groups in total. The van der Waals surface area contributed by atoms with Crippen molar-refractivity contribution in [1.29, 1.82) is 0 Å². The molecule has 2 saturated heterocycles. The van der Waals surface area contributed by atoms with Gasteiger partial charge in [-0.2, -0.15) is 0 Å². The van der Waals surface area contributed by atoms with E-state index < -0.39 is 67.8 Å². The molecule has 2 rings (SSSR count). The van der Waals surface area contributed by atoms with Gasteiger partial charge in [-0.05, 0) is 6.92 Å². The normalized spacial score (nSPS) is 44.4. The first-order chi connectivity index (χ1) is 11.6. The molecule has 11 nitrogen and oxygen atoms in total. The number of amides is 1. The van der Waals surface area contributed by atoms with Crippen LogP contribution in [-0.2, 0) is 14.3 Å². The standard InChI is InChI=1S/C8H15NO6.C6H12O4/c1-3(11)9-5-7(13)6(12)4(2-10)15-8(5)14;1-3-4(7)2-5(8)6(9)10-3/h4-8,10,12-14H,2H2,1H3,(H,9,11);3-9H,2H2,1H3/t4-,5-,6+,7-,8?;3-,4+,5+,6-/m11/s1. The van der Waals surface area contributed by atoms with Crippen molar-refractivity contribution < 1.29 is 50.0 Å². The van der Waals surface area contributed by atoms with Gasteiger partial charge in [0.15, 0.2) is 12.6 Å². The topological polar surface area (TPSA) is 189 Å². The predicted molar refractivity (Wildman–Crippen MR) is 80.8 cm³/mol. The molecule has 11 heteroatoms. The SMILES string of the molecule is CC(=O)N[C@H]1C(O)O[C@H](CO)[C@H](O)[C@@H]1O.C[C@H]1O[C@@H](O)[C@@H](O)C[C@@H]1O. The van der Waals surface area contributed by atoms with Crippen molar-refractivity contribution in [2.24, 2.45) is 0 Å². The van der Waals surface area contributed by atoms with Crippen LogP contribution in [0.25, 0.3) is 0 Å². The number of hydrogen-bond donors (Lipinski definition) is 8. The summed E-state index contributed by atoms with van der Waals surface area (Å²) in [5.41, 5.74) is 0. The molecular formula is C14H27NO10. The van der Waals surface area contributed by atoms with Crippen molar-refractivity contribution in [1.82, 2.24) is 5.32 Å². The highest BCUT2D eigenvalue weighted by molar-refractivity contribution is 5.73. The first kappa shape index (κ1) is 22.2. The molecule has 148 valence electrons. The molecule has 2 aliphatic rings. The molecule has 2 aliphatic heterocycles. The van der Waals surface area contributed by atoms with Crippen LogP contribution >= 0.6 is 0 Å². The van der Waals surface area contributed by atoms with Crippen molar-refractivity contribution >= 4 is 5.91 Å². The van der Waals surface area contributed by atoms with Gasteiger partial charge in [-0.3, -0.25) is 4.79 Å².